The number of carbonyl (C=O) groups is 1. The Morgan fingerprint density at radius 3 is 2.45 bits per heavy atom. The summed E-state index contributed by atoms with van der Waals surface area (Å²) < 4.78 is 23.0. The second-order valence-electron chi connectivity index (χ2n) is 10.5. The quantitative estimate of drug-likeness (QED) is 0.502. The van der Waals surface area contributed by atoms with Crippen LogP contribution in [0, 0.1) is 17.3 Å². The molecular formula is C27H41NO5. The summed E-state index contributed by atoms with van der Waals surface area (Å²) in [4.78, 5) is 15.0. The number of fused-ring (bicyclic) bond motifs is 5. The van der Waals surface area contributed by atoms with E-state index in [1.165, 1.54) is 49.7 Å². The van der Waals surface area contributed by atoms with Crippen LogP contribution >= 0.6 is 0 Å². The van der Waals surface area contributed by atoms with E-state index in [9.17, 15) is 4.79 Å². The Hall–Kier alpha value is -1.79. The molecule has 184 valence electrons. The molecule has 0 saturated heterocycles. The Labute approximate surface area is 198 Å². The lowest BCUT2D eigenvalue weighted by Crippen LogP contribution is -2.40. The van der Waals surface area contributed by atoms with Crippen LogP contribution in [0.1, 0.15) is 72.9 Å². The van der Waals surface area contributed by atoms with Gasteiger partial charge in [0.05, 0.1) is 13.2 Å². The van der Waals surface area contributed by atoms with E-state index in [4.69, 9.17) is 18.9 Å². The standard InChI is InChI=1S/C27H41NO5/c1-27-11-6-7-21(27)19-9-8-18-17-22(32-15-13-30-4)24(26(29)28(2)3)25(33-16-14-31-5)23(18)20(19)10-12-27/h17,19-21H,6-16H2,1-5H3/t19-,20+,21+,27+/m1/s1. The second-order valence-corrected chi connectivity index (χ2v) is 10.5. The molecule has 33 heavy (non-hydrogen) atoms. The number of hydrogen-bond donors (Lipinski definition) is 0. The summed E-state index contributed by atoms with van der Waals surface area (Å²) in [7, 11) is 6.90. The van der Waals surface area contributed by atoms with Crippen molar-refractivity contribution >= 4 is 5.91 Å². The van der Waals surface area contributed by atoms with Crippen molar-refractivity contribution in [2.45, 2.75) is 57.8 Å². The summed E-state index contributed by atoms with van der Waals surface area (Å²) in [5, 5.41) is 0. The van der Waals surface area contributed by atoms with Crippen LogP contribution < -0.4 is 9.47 Å². The molecule has 6 heteroatoms. The summed E-state index contributed by atoms with van der Waals surface area (Å²) in [6, 6.07) is 2.11. The van der Waals surface area contributed by atoms with Crippen LogP contribution in [0.25, 0.3) is 0 Å². The fourth-order valence-corrected chi connectivity index (χ4v) is 6.83. The molecule has 0 N–H and O–H groups in total. The van der Waals surface area contributed by atoms with E-state index in [1.54, 1.807) is 33.2 Å². The highest BCUT2D eigenvalue weighted by Crippen LogP contribution is 2.62. The predicted octanol–water partition coefficient (Wildman–Crippen LogP) is 4.69. The third-order valence-electron chi connectivity index (χ3n) is 8.40. The van der Waals surface area contributed by atoms with Crippen LogP contribution in [-0.4, -0.2) is 65.5 Å². The molecular weight excluding hydrogens is 418 g/mol. The number of amides is 1. The lowest BCUT2D eigenvalue weighted by molar-refractivity contribution is 0.0576. The molecule has 3 aliphatic carbocycles. The van der Waals surface area contributed by atoms with Crippen molar-refractivity contribution < 1.29 is 23.7 Å². The summed E-state index contributed by atoms with van der Waals surface area (Å²) in [5.74, 6) is 3.15. The van der Waals surface area contributed by atoms with Gasteiger partial charge >= 0.3 is 0 Å². The smallest absolute Gasteiger partial charge is 0.260 e. The lowest BCUT2D eigenvalue weighted by atomic mass is 9.55. The van der Waals surface area contributed by atoms with E-state index in [1.807, 2.05) is 0 Å². The van der Waals surface area contributed by atoms with Gasteiger partial charge in [-0.05, 0) is 73.3 Å². The lowest BCUT2D eigenvalue weighted by Gasteiger charge is -2.49. The molecule has 1 amide bonds. The zero-order valence-electron chi connectivity index (χ0n) is 21.1. The maximum Gasteiger partial charge on any atom is 0.260 e. The molecule has 6 nitrogen and oxygen atoms in total. The maximum atomic E-state index is 13.4. The SMILES string of the molecule is COCCOc1cc2c(c(OCCOC)c1C(=O)N(C)C)[C@H]1CC[C@]3(C)CCC[C@H]3[C@@H]1CC2. The Balaban J connectivity index is 1.81. The molecule has 0 aromatic heterocycles. The normalized spacial score (nSPS) is 28.0. The Bertz CT molecular complexity index is 853. The van der Waals surface area contributed by atoms with Gasteiger partial charge in [-0.2, -0.15) is 0 Å². The van der Waals surface area contributed by atoms with Gasteiger partial charge in [-0.1, -0.05) is 13.3 Å². The van der Waals surface area contributed by atoms with Crippen LogP contribution in [0.4, 0.5) is 0 Å². The number of nitrogens with zero attached hydrogens (tertiary/aromatic N) is 1. The van der Waals surface area contributed by atoms with Gasteiger partial charge in [-0.15, -0.1) is 0 Å². The average molecular weight is 460 g/mol. The molecule has 4 atom stereocenters. The molecule has 1 aromatic carbocycles. The van der Waals surface area contributed by atoms with Crippen LogP contribution in [0.15, 0.2) is 6.07 Å². The molecule has 0 aliphatic heterocycles. The molecule has 0 bridgehead atoms. The Kier molecular flexibility index (Phi) is 7.54. The van der Waals surface area contributed by atoms with E-state index in [0.717, 1.165) is 18.1 Å². The van der Waals surface area contributed by atoms with Crippen molar-refractivity contribution in [2.75, 3.05) is 54.7 Å². The summed E-state index contributed by atoms with van der Waals surface area (Å²) in [6.07, 6.45) is 8.72. The molecule has 3 aliphatic rings. The molecule has 2 fully saturated rings. The fourth-order valence-electron chi connectivity index (χ4n) is 6.83. The number of aryl methyl sites for hydroxylation is 1. The number of ether oxygens (including phenoxy) is 4. The largest absolute Gasteiger partial charge is 0.490 e. The van der Waals surface area contributed by atoms with Gasteiger partial charge in [-0.3, -0.25) is 4.79 Å². The fraction of sp³-hybridized carbons (Fsp3) is 0.741. The van der Waals surface area contributed by atoms with Crippen molar-refractivity contribution in [3.63, 3.8) is 0 Å². The molecule has 4 rings (SSSR count). The highest BCUT2D eigenvalue weighted by Gasteiger charge is 2.51. The minimum absolute atomic E-state index is 0.0822. The van der Waals surface area contributed by atoms with Gasteiger partial charge in [-0.25, -0.2) is 0 Å². The highest BCUT2D eigenvalue weighted by atomic mass is 16.5. The first kappa shape index (κ1) is 24.3. The van der Waals surface area contributed by atoms with Gasteiger partial charge in [0.15, 0.2) is 0 Å². The zero-order valence-corrected chi connectivity index (χ0v) is 21.1. The minimum Gasteiger partial charge on any atom is -0.490 e. The van der Waals surface area contributed by atoms with Gasteiger partial charge in [0, 0.05) is 33.9 Å². The first-order chi connectivity index (χ1) is 15.9. The number of rotatable bonds is 9. The summed E-state index contributed by atoms with van der Waals surface area (Å²) in [5.41, 5.74) is 3.58. The second kappa shape index (κ2) is 10.2. The van der Waals surface area contributed by atoms with Gasteiger partial charge in [0.2, 0.25) is 0 Å². The molecule has 0 radical (unpaired) electrons. The molecule has 0 spiro atoms. The summed E-state index contributed by atoms with van der Waals surface area (Å²) >= 11 is 0. The zero-order chi connectivity index (χ0) is 23.6. The predicted molar refractivity (Wildman–Crippen MR) is 128 cm³/mol. The number of hydrogen-bond acceptors (Lipinski definition) is 5. The first-order valence-electron chi connectivity index (χ1n) is 12.6. The van der Waals surface area contributed by atoms with Crippen molar-refractivity contribution in [1.82, 2.24) is 4.90 Å². The molecule has 0 unspecified atom stereocenters. The number of carbonyl (C=O) groups excluding carboxylic acids is 1. The van der Waals surface area contributed by atoms with E-state index in [2.05, 4.69) is 13.0 Å². The van der Waals surface area contributed by atoms with E-state index >= 15 is 0 Å². The van der Waals surface area contributed by atoms with E-state index in [0.29, 0.717) is 55.0 Å². The third-order valence-corrected chi connectivity index (χ3v) is 8.40. The third kappa shape index (κ3) is 4.61. The van der Waals surface area contributed by atoms with Crippen molar-refractivity contribution in [1.29, 1.82) is 0 Å². The van der Waals surface area contributed by atoms with Gasteiger partial charge < -0.3 is 23.8 Å². The highest BCUT2D eigenvalue weighted by molar-refractivity contribution is 6.00. The van der Waals surface area contributed by atoms with E-state index < -0.39 is 0 Å². The van der Waals surface area contributed by atoms with Crippen molar-refractivity contribution in [2.24, 2.45) is 17.3 Å². The summed E-state index contributed by atoms with van der Waals surface area (Å²) in [6.45, 7) is 4.27. The monoisotopic (exact) mass is 459 g/mol. The topological polar surface area (TPSA) is 57.2 Å². The maximum absolute atomic E-state index is 13.4. The van der Waals surface area contributed by atoms with Crippen molar-refractivity contribution in [3.8, 4) is 11.5 Å². The average Bonchev–Trinajstić information content (AvgIpc) is 3.20. The van der Waals surface area contributed by atoms with Gasteiger partial charge in [0.1, 0.15) is 30.3 Å². The van der Waals surface area contributed by atoms with Crippen LogP contribution in [0.5, 0.6) is 11.5 Å². The van der Waals surface area contributed by atoms with Gasteiger partial charge in [0.25, 0.3) is 5.91 Å². The number of benzene rings is 1. The molecule has 0 heterocycles. The van der Waals surface area contributed by atoms with E-state index in [-0.39, 0.29) is 5.91 Å². The molecule has 2 saturated carbocycles. The van der Waals surface area contributed by atoms with Crippen molar-refractivity contribution in [3.05, 3.63) is 22.8 Å². The number of methoxy groups -OCH3 is 2. The Morgan fingerprint density at radius 2 is 1.76 bits per heavy atom. The first-order valence-corrected chi connectivity index (χ1v) is 12.6. The van der Waals surface area contributed by atoms with Crippen LogP contribution in [0.3, 0.4) is 0 Å². The molecule has 1 aromatic rings. The Morgan fingerprint density at radius 1 is 1.03 bits per heavy atom. The van der Waals surface area contributed by atoms with Crippen LogP contribution in [-0.2, 0) is 15.9 Å². The minimum atomic E-state index is -0.0822. The van der Waals surface area contributed by atoms with Crippen LogP contribution in [0.2, 0.25) is 0 Å².